The third kappa shape index (κ3) is 6.07. The van der Waals surface area contributed by atoms with Crippen LogP contribution in [-0.4, -0.2) is 21.8 Å². The number of fused-ring (bicyclic) bond motifs is 9. The lowest BCUT2D eigenvalue weighted by molar-refractivity contribution is 1.13. The molecule has 0 aliphatic carbocycles. The molecule has 0 atom stereocenters. The van der Waals surface area contributed by atoms with Gasteiger partial charge in [0.25, 0.3) is 0 Å². The van der Waals surface area contributed by atoms with Crippen molar-refractivity contribution in [2.45, 2.75) is 0 Å². The maximum atomic E-state index is 2.50. The monoisotopic (exact) mass is 907 g/mol. The number of rotatable bonds is 8. The first-order valence-corrected chi connectivity index (χ1v) is 26.2. The Morgan fingerprint density at radius 2 is 0.543 bits per heavy atom. The predicted octanol–water partition coefficient (Wildman–Crippen LogP) is 14.0. The van der Waals surface area contributed by atoms with Crippen LogP contribution < -0.4 is 20.7 Å². The van der Waals surface area contributed by atoms with Gasteiger partial charge in [-0.05, 0) is 98.6 Å². The lowest BCUT2D eigenvalue weighted by Gasteiger charge is -2.34. The van der Waals surface area contributed by atoms with Crippen molar-refractivity contribution in [2.24, 2.45) is 0 Å². The standard InChI is InChI=1S/C66H45N3Si/c1-4-22-51(23-5-1)70(52-24-6-2-7-25-52,53-26-8-3-9-27-53)54-28-20-21-46(43-54)47-41-49(68-63-36-17-12-31-57(63)58-32-13-18-37-64(58)68)44-50(42-47)69-65-38-19-14-33-59(65)60-45-48(39-40-66(60)69)67-61-34-15-10-29-55(61)56-30-11-16-35-62(56)67/h1-45H. The van der Waals surface area contributed by atoms with Crippen molar-refractivity contribution in [1.82, 2.24) is 13.7 Å². The van der Waals surface area contributed by atoms with E-state index in [1.165, 1.54) is 86.2 Å². The van der Waals surface area contributed by atoms with E-state index in [4.69, 9.17) is 0 Å². The van der Waals surface area contributed by atoms with E-state index < -0.39 is 8.07 Å². The Morgan fingerprint density at radius 3 is 0.971 bits per heavy atom. The van der Waals surface area contributed by atoms with Gasteiger partial charge in [-0.2, -0.15) is 0 Å². The molecule has 0 unspecified atom stereocenters. The molecule has 4 heteroatoms. The highest BCUT2D eigenvalue weighted by atomic mass is 28.3. The summed E-state index contributed by atoms with van der Waals surface area (Å²) in [5.74, 6) is 0. The number of nitrogens with zero attached hydrogens (tertiary/aromatic N) is 3. The summed E-state index contributed by atoms with van der Waals surface area (Å²) in [6.07, 6.45) is 0. The maximum absolute atomic E-state index is 2.82. The van der Waals surface area contributed by atoms with Gasteiger partial charge in [-0.15, -0.1) is 0 Å². The third-order valence-electron chi connectivity index (χ3n) is 14.7. The van der Waals surface area contributed by atoms with Gasteiger partial charge in [-0.1, -0.05) is 206 Å². The van der Waals surface area contributed by atoms with E-state index in [2.05, 4.69) is 287 Å². The van der Waals surface area contributed by atoms with Crippen molar-refractivity contribution >= 4 is 94.2 Å². The molecule has 0 saturated heterocycles. The number of benzene rings is 11. The van der Waals surface area contributed by atoms with Crippen molar-refractivity contribution in [3.05, 3.63) is 273 Å². The largest absolute Gasteiger partial charge is 0.309 e. The minimum Gasteiger partial charge on any atom is -0.309 e. The smallest absolute Gasteiger partial charge is 0.179 e. The van der Waals surface area contributed by atoms with Gasteiger partial charge in [0, 0.05) is 49.4 Å². The van der Waals surface area contributed by atoms with Crippen molar-refractivity contribution in [1.29, 1.82) is 0 Å². The van der Waals surface area contributed by atoms with Gasteiger partial charge in [-0.3, -0.25) is 0 Å². The van der Waals surface area contributed by atoms with Crippen molar-refractivity contribution in [3.8, 4) is 28.2 Å². The minimum absolute atomic E-state index is 1.10. The minimum atomic E-state index is -2.82. The molecule has 0 fully saturated rings. The highest BCUT2D eigenvalue weighted by molar-refractivity contribution is 7.19. The Bertz CT molecular complexity index is 4090. The summed E-state index contributed by atoms with van der Waals surface area (Å²) in [5, 5.41) is 12.8. The zero-order chi connectivity index (χ0) is 46.2. The van der Waals surface area contributed by atoms with Crippen LogP contribution in [0.5, 0.6) is 0 Å². The van der Waals surface area contributed by atoms with Gasteiger partial charge < -0.3 is 13.7 Å². The van der Waals surface area contributed by atoms with Crippen molar-refractivity contribution in [2.75, 3.05) is 0 Å². The molecule has 70 heavy (non-hydrogen) atoms. The molecule has 0 spiro atoms. The molecule has 0 N–H and O–H groups in total. The van der Waals surface area contributed by atoms with E-state index in [1.54, 1.807) is 0 Å². The fourth-order valence-corrected chi connectivity index (χ4v) is 16.6. The number of hydrogen-bond donors (Lipinski definition) is 0. The van der Waals surface area contributed by atoms with E-state index >= 15 is 0 Å². The first kappa shape index (κ1) is 40.1. The average Bonchev–Trinajstić information content (AvgIpc) is 4.08. The summed E-state index contributed by atoms with van der Waals surface area (Å²) in [6.45, 7) is 0. The Morgan fingerprint density at radius 1 is 0.200 bits per heavy atom. The summed E-state index contributed by atoms with van der Waals surface area (Å²) < 4.78 is 7.38. The van der Waals surface area contributed by atoms with Crippen LogP contribution in [0.15, 0.2) is 273 Å². The van der Waals surface area contributed by atoms with Crippen molar-refractivity contribution < 1.29 is 0 Å². The lowest BCUT2D eigenvalue weighted by Crippen LogP contribution is -2.74. The summed E-state index contributed by atoms with van der Waals surface area (Å²) >= 11 is 0. The van der Waals surface area contributed by atoms with Crippen LogP contribution in [0.4, 0.5) is 0 Å². The molecule has 14 rings (SSSR count). The van der Waals surface area contributed by atoms with Crippen LogP contribution in [0.2, 0.25) is 0 Å². The maximum Gasteiger partial charge on any atom is 0.179 e. The molecule has 0 aliphatic rings. The van der Waals surface area contributed by atoms with Crippen molar-refractivity contribution in [3.63, 3.8) is 0 Å². The van der Waals surface area contributed by atoms with Gasteiger partial charge in [-0.25, -0.2) is 0 Å². The first-order valence-electron chi connectivity index (χ1n) is 24.2. The predicted molar refractivity (Wildman–Crippen MR) is 299 cm³/mol. The zero-order valence-corrected chi connectivity index (χ0v) is 39.3. The fourth-order valence-electron chi connectivity index (χ4n) is 11.8. The molecule has 11 aromatic carbocycles. The highest BCUT2D eigenvalue weighted by Crippen LogP contribution is 2.40. The number of aromatic nitrogens is 3. The Hall–Kier alpha value is -8.96. The Balaban J connectivity index is 1.04. The molecule has 0 saturated carbocycles. The van der Waals surface area contributed by atoms with E-state index in [0.717, 1.165) is 28.1 Å². The summed E-state index contributed by atoms with van der Waals surface area (Å²) in [6, 6.07) is 101. The molecule has 3 aromatic heterocycles. The van der Waals surface area contributed by atoms with E-state index in [-0.39, 0.29) is 0 Å². The number of hydrogen-bond acceptors (Lipinski definition) is 0. The molecular weight excluding hydrogens is 863 g/mol. The average molecular weight is 908 g/mol. The molecule has 0 amide bonds. The molecule has 3 nitrogen and oxygen atoms in total. The third-order valence-corrected chi connectivity index (χ3v) is 19.5. The quantitative estimate of drug-likeness (QED) is 0.107. The van der Waals surface area contributed by atoms with Gasteiger partial charge in [0.05, 0.1) is 33.1 Å². The molecule has 3 heterocycles. The topological polar surface area (TPSA) is 14.8 Å². The number of para-hydroxylation sites is 5. The van der Waals surface area contributed by atoms with E-state index in [0.29, 0.717) is 0 Å². The van der Waals surface area contributed by atoms with Crippen LogP contribution in [0.25, 0.3) is 93.6 Å². The second-order valence-corrected chi connectivity index (χ2v) is 22.3. The van der Waals surface area contributed by atoms with E-state index in [9.17, 15) is 0 Å². The lowest BCUT2D eigenvalue weighted by atomic mass is 10.0. The zero-order valence-electron chi connectivity index (χ0n) is 38.3. The molecule has 0 bridgehead atoms. The Kier molecular flexibility index (Phi) is 9.23. The highest BCUT2D eigenvalue weighted by Gasteiger charge is 2.41. The second-order valence-electron chi connectivity index (χ2n) is 18.5. The summed E-state index contributed by atoms with van der Waals surface area (Å²) in [4.78, 5) is 0. The SMILES string of the molecule is c1ccc([Si](c2ccccc2)(c2ccccc2)c2cccc(-c3cc(-n4c5ccccc5c5ccccc54)cc(-n4c5ccccc5c5cc(-n6c7ccccc7c7ccccc76)ccc54)c3)c2)cc1. The van der Waals surface area contributed by atoms with E-state index in [1.807, 2.05) is 0 Å². The van der Waals surface area contributed by atoms with Crippen LogP contribution in [0.3, 0.4) is 0 Å². The normalized spacial score (nSPS) is 12.0. The van der Waals surface area contributed by atoms with Gasteiger partial charge >= 0.3 is 0 Å². The summed E-state index contributed by atoms with van der Waals surface area (Å²) in [5.41, 5.74) is 12.8. The molecule has 328 valence electrons. The van der Waals surface area contributed by atoms with Gasteiger partial charge in [0.15, 0.2) is 8.07 Å². The first-order chi connectivity index (χ1) is 34.7. The molecule has 0 aliphatic heterocycles. The molecule has 14 aromatic rings. The Labute approximate surface area is 407 Å². The van der Waals surface area contributed by atoms with Crippen LogP contribution in [0, 0.1) is 0 Å². The fraction of sp³-hybridized carbons (Fsp3) is 0. The van der Waals surface area contributed by atoms with Crippen LogP contribution in [-0.2, 0) is 0 Å². The molecular formula is C66H45N3Si. The summed E-state index contributed by atoms with van der Waals surface area (Å²) in [7, 11) is -2.82. The molecule has 0 radical (unpaired) electrons. The van der Waals surface area contributed by atoms with Crippen LogP contribution in [0.1, 0.15) is 0 Å². The van der Waals surface area contributed by atoms with Gasteiger partial charge in [0.1, 0.15) is 0 Å². The van der Waals surface area contributed by atoms with Crippen LogP contribution >= 0.6 is 0 Å². The van der Waals surface area contributed by atoms with Gasteiger partial charge in [0.2, 0.25) is 0 Å². The second kappa shape index (κ2) is 16.1.